The van der Waals surface area contributed by atoms with Gasteiger partial charge in [-0.3, -0.25) is 0 Å². The fourth-order valence-electron chi connectivity index (χ4n) is 2.56. The average molecular weight is 332 g/mol. The largest absolute Gasteiger partial charge is 0.304 e. The van der Waals surface area contributed by atoms with Crippen LogP contribution in [0, 0.1) is 13.8 Å². The van der Waals surface area contributed by atoms with Gasteiger partial charge in [0.15, 0.2) is 0 Å². The molecule has 0 aromatic heterocycles. The Kier molecular flexibility index (Phi) is 5.00. The van der Waals surface area contributed by atoms with E-state index in [9.17, 15) is 0 Å². The Morgan fingerprint density at radius 2 is 1.70 bits per heavy atom. The molecule has 0 saturated heterocycles. The van der Waals surface area contributed by atoms with Crippen molar-refractivity contribution in [3.05, 3.63) is 69.2 Å². The second-order valence-corrected chi connectivity index (χ2v) is 6.44. The molecule has 2 atom stereocenters. The molecule has 0 heterocycles. The van der Waals surface area contributed by atoms with Crippen LogP contribution >= 0.6 is 15.9 Å². The topological polar surface area (TPSA) is 12.0 Å². The Morgan fingerprint density at radius 3 is 2.40 bits per heavy atom. The summed E-state index contributed by atoms with van der Waals surface area (Å²) in [7, 11) is 0. The summed E-state index contributed by atoms with van der Waals surface area (Å²) in [6.45, 7) is 8.77. The molecule has 106 valence electrons. The molecule has 0 aliphatic heterocycles. The van der Waals surface area contributed by atoms with Crippen LogP contribution < -0.4 is 5.32 Å². The Bertz CT molecular complexity index is 592. The van der Waals surface area contributed by atoms with E-state index in [-0.39, 0.29) is 0 Å². The molecule has 0 aliphatic carbocycles. The number of rotatable bonds is 4. The van der Waals surface area contributed by atoms with E-state index in [1.54, 1.807) is 0 Å². The average Bonchev–Trinajstić information content (AvgIpc) is 2.41. The fourth-order valence-corrected chi connectivity index (χ4v) is 2.98. The van der Waals surface area contributed by atoms with Crippen molar-refractivity contribution in [1.82, 2.24) is 5.32 Å². The maximum Gasteiger partial charge on any atom is 0.0300 e. The lowest BCUT2D eigenvalue weighted by molar-refractivity contribution is 0.493. The lowest BCUT2D eigenvalue weighted by Gasteiger charge is -2.22. The van der Waals surface area contributed by atoms with Gasteiger partial charge in [0.1, 0.15) is 0 Å². The van der Waals surface area contributed by atoms with Crippen molar-refractivity contribution in [3.8, 4) is 0 Å². The first-order valence-electron chi connectivity index (χ1n) is 7.06. The van der Waals surface area contributed by atoms with E-state index in [0.717, 1.165) is 4.47 Å². The molecule has 0 spiro atoms. The first kappa shape index (κ1) is 15.3. The van der Waals surface area contributed by atoms with Crippen molar-refractivity contribution in [2.75, 3.05) is 0 Å². The quantitative estimate of drug-likeness (QED) is 0.782. The van der Waals surface area contributed by atoms with Crippen molar-refractivity contribution in [3.63, 3.8) is 0 Å². The number of hydrogen-bond acceptors (Lipinski definition) is 1. The second-order valence-electron chi connectivity index (χ2n) is 5.53. The second kappa shape index (κ2) is 6.55. The molecule has 20 heavy (non-hydrogen) atoms. The lowest BCUT2D eigenvalue weighted by Crippen LogP contribution is -2.23. The molecule has 2 heteroatoms. The van der Waals surface area contributed by atoms with E-state index in [4.69, 9.17) is 0 Å². The van der Waals surface area contributed by atoms with Crippen LogP contribution in [0.2, 0.25) is 0 Å². The molecule has 2 aromatic carbocycles. The van der Waals surface area contributed by atoms with E-state index < -0.39 is 0 Å². The highest BCUT2D eigenvalue weighted by Crippen LogP contribution is 2.24. The first-order valence-corrected chi connectivity index (χ1v) is 7.85. The highest BCUT2D eigenvalue weighted by atomic mass is 79.9. The highest BCUT2D eigenvalue weighted by molar-refractivity contribution is 9.10. The van der Waals surface area contributed by atoms with Crippen molar-refractivity contribution in [2.24, 2.45) is 0 Å². The van der Waals surface area contributed by atoms with Crippen molar-refractivity contribution >= 4 is 15.9 Å². The number of benzene rings is 2. The predicted octanol–water partition coefficient (Wildman–Crippen LogP) is 5.48. The first-order chi connectivity index (χ1) is 9.47. The van der Waals surface area contributed by atoms with Crippen LogP contribution in [0.4, 0.5) is 0 Å². The zero-order valence-corrected chi connectivity index (χ0v) is 14.2. The molecule has 1 unspecified atom stereocenters. The summed E-state index contributed by atoms with van der Waals surface area (Å²) in [5.41, 5.74) is 5.34. The minimum atomic E-state index is 0.322. The van der Waals surface area contributed by atoms with Gasteiger partial charge in [-0.05, 0) is 56.5 Å². The zero-order chi connectivity index (χ0) is 14.7. The normalized spacial score (nSPS) is 14.1. The van der Waals surface area contributed by atoms with Gasteiger partial charge in [-0.25, -0.2) is 0 Å². The van der Waals surface area contributed by atoms with Gasteiger partial charge >= 0.3 is 0 Å². The molecule has 1 N–H and O–H groups in total. The summed E-state index contributed by atoms with van der Waals surface area (Å²) in [6.07, 6.45) is 0. The van der Waals surface area contributed by atoms with Gasteiger partial charge < -0.3 is 5.32 Å². The Balaban J connectivity index is 2.15. The van der Waals surface area contributed by atoms with Crippen LogP contribution in [0.15, 0.2) is 46.9 Å². The number of hydrogen-bond donors (Lipinski definition) is 1. The lowest BCUT2D eigenvalue weighted by atomic mass is 9.98. The van der Waals surface area contributed by atoms with E-state index in [1.165, 1.54) is 22.3 Å². The molecule has 0 fully saturated rings. The Labute approximate surface area is 130 Å². The van der Waals surface area contributed by atoms with Crippen LogP contribution in [0.3, 0.4) is 0 Å². The molecular weight excluding hydrogens is 310 g/mol. The van der Waals surface area contributed by atoms with E-state index in [1.807, 2.05) is 0 Å². The molecular formula is C18H22BrN. The molecule has 0 bridgehead atoms. The Morgan fingerprint density at radius 1 is 0.950 bits per heavy atom. The van der Waals surface area contributed by atoms with Crippen molar-refractivity contribution < 1.29 is 0 Å². The molecule has 2 rings (SSSR count). The summed E-state index contributed by atoms with van der Waals surface area (Å²) in [5.74, 6) is 0. The maximum atomic E-state index is 3.69. The molecule has 2 aromatic rings. The third kappa shape index (κ3) is 3.71. The standard InChI is InChI=1S/C18H22BrN/c1-12-8-9-13(2)18(10-12)15(4)20-14(3)16-6-5-7-17(19)11-16/h5-11,14-15,20H,1-4H3/t14-,15?/m1/s1. The predicted molar refractivity (Wildman–Crippen MR) is 90.0 cm³/mol. The smallest absolute Gasteiger partial charge is 0.0300 e. The van der Waals surface area contributed by atoms with Gasteiger partial charge in [0.2, 0.25) is 0 Å². The summed E-state index contributed by atoms with van der Waals surface area (Å²) >= 11 is 3.53. The van der Waals surface area contributed by atoms with Gasteiger partial charge in [-0.2, -0.15) is 0 Å². The third-order valence-electron chi connectivity index (χ3n) is 3.75. The molecule has 0 radical (unpaired) electrons. The van der Waals surface area contributed by atoms with E-state index in [2.05, 4.69) is 91.4 Å². The van der Waals surface area contributed by atoms with E-state index in [0.29, 0.717) is 12.1 Å². The summed E-state index contributed by atoms with van der Waals surface area (Å²) < 4.78 is 1.13. The van der Waals surface area contributed by atoms with Crippen molar-refractivity contribution in [1.29, 1.82) is 0 Å². The third-order valence-corrected chi connectivity index (χ3v) is 4.24. The molecule has 0 aliphatic rings. The number of nitrogens with one attached hydrogen (secondary N) is 1. The van der Waals surface area contributed by atoms with Crippen LogP contribution in [0.1, 0.15) is 48.2 Å². The Hall–Kier alpha value is -1.12. The van der Waals surface area contributed by atoms with Gasteiger partial charge in [-0.1, -0.05) is 51.8 Å². The van der Waals surface area contributed by atoms with Gasteiger partial charge in [-0.15, -0.1) is 0 Å². The molecule has 0 saturated carbocycles. The van der Waals surface area contributed by atoms with Crippen LogP contribution in [-0.2, 0) is 0 Å². The minimum Gasteiger partial charge on any atom is -0.304 e. The van der Waals surface area contributed by atoms with Crippen molar-refractivity contribution in [2.45, 2.75) is 39.8 Å². The SMILES string of the molecule is Cc1ccc(C)c(C(C)N[C@H](C)c2cccc(Br)c2)c1. The van der Waals surface area contributed by atoms with Gasteiger partial charge in [0.05, 0.1) is 0 Å². The maximum absolute atomic E-state index is 3.69. The van der Waals surface area contributed by atoms with Crippen LogP contribution in [0.5, 0.6) is 0 Å². The molecule has 0 amide bonds. The fraction of sp³-hybridized carbons (Fsp3) is 0.333. The van der Waals surface area contributed by atoms with Gasteiger partial charge in [0, 0.05) is 16.6 Å². The number of halogens is 1. The van der Waals surface area contributed by atoms with Crippen LogP contribution in [-0.4, -0.2) is 0 Å². The molecule has 1 nitrogen and oxygen atoms in total. The minimum absolute atomic E-state index is 0.322. The van der Waals surface area contributed by atoms with Crippen LogP contribution in [0.25, 0.3) is 0 Å². The number of aryl methyl sites for hydroxylation is 2. The summed E-state index contributed by atoms with van der Waals surface area (Å²) in [4.78, 5) is 0. The zero-order valence-electron chi connectivity index (χ0n) is 12.6. The highest BCUT2D eigenvalue weighted by Gasteiger charge is 2.13. The summed E-state index contributed by atoms with van der Waals surface area (Å²) in [6, 6.07) is 15.8. The summed E-state index contributed by atoms with van der Waals surface area (Å²) in [5, 5.41) is 3.69. The van der Waals surface area contributed by atoms with E-state index >= 15 is 0 Å². The monoisotopic (exact) mass is 331 g/mol. The van der Waals surface area contributed by atoms with Gasteiger partial charge in [0.25, 0.3) is 0 Å².